The van der Waals surface area contributed by atoms with Gasteiger partial charge in [-0.2, -0.15) is 0 Å². The van der Waals surface area contributed by atoms with Crippen molar-refractivity contribution in [2.75, 3.05) is 25.2 Å². The maximum absolute atomic E-state index is 13.9. The molecule has 8 nitrogen and oxygen atoms in total. The molecule has 202 valence electrons. The maximum atomic E-state index is 13.9. The van der Waals surface area contributed by atoms with Crippen molar-refractivity contribution in [1.29, 1.82) is 0 Å². The largest absolute Gasteiger partial charge is 0.491 e. The summed E-state index contributed by atoms with van der Waals surface area (Å²) in [6, 6.07) is 15.7. The minimum atomic E-state index is -1.83. The van der Waals surface area contributed by atoms with E-state index in [0.29, 0.717) is 23.4 Å². The van der Waals surface area contributed by atoms with Gasteiger partial charge < -0.3 is 9.84 Å². The lowest BCUT2D eigenvalue weighted by Crippen LogP contribution is -2.60. The highest BCUT2D eigenvalue weighted by molar-refractivity contribution is 6.53. The third kappa shape index (κ3) is 3.47. The zero-order chi connectivity index (χ0) is 27.7. The van der Waals surface area contributed by atoms with E-state index in [4.69, 9.17) is 33.0 Å². The number of para-hydroxylation sites is 1. The Hall–Kier alpha value is -3.20. The number of benzene rings is 2. The van der Waals surface area contributed by atoms with E-state index in [0.717, 1.165) is 10.5 Å². The predicted octanol–water partition coefficient (Wildman–Crippen LogP) is 3.25. The molecule has 0 spiro atoms. The number of anilines is 1. The molecule has 2 saturated heterocycles. The van der Waals surface area contributed by atoms with Gasteiger partial charge in [0, 0.05) is 13.0 Å². The van der Waals surface area contributed by atoms with Crippen LogP contribution in [0.3, 0.4) is 0 Å². The lowest BCUT2D eigenvalue weighted by Gasteiger charge is -2.50. The molecule has 6 atom stereocenters. The number of fused-ring (bicyclic) bond motifs is 4. The average molecular weight is 569 g/mol. The average Bonchev–Trinajstić information content (AvgIpc) is 3.27. The number of alkyl halides is 2. The molecular formula is C29H26Cl2N2O6. The van der Waals surface area contributed by atoms with Gasteiger partial charge in [-0.05, 0) is 48.6 Å². The van der Waals surface area contributed by atoms with Crippen LogP contribution in [0.25, 0.3) is 0 Å². The first-order chi connectivity index (χ1) is 18.6. The van der Waals surface area contributed by atoms with Crippen molar-refractivity contribution in [3.63, 3.8) is 0 Å². The third-order valence-corrected chi connectivity index (χ3v) is 10.0. The van der Waals surface area contributed by atoms with Crippen LogP contribution in [0.1, 0.15) is 24.3 Å². The summed E-state index contributed by atoms with van der Waals surface area (Å²) >= 11 is 14.3. The highest BCUT2D eigenvalue weighted by Gasteiger charge is 2.75. The van der Waals surface area contributed by atoms with Crippen LogP contribution < -0.4 is 9.64 Å². The van der Waals surface area contributed by atoms with Crippen molar-refractivity contribution in [3.8, 4) is 5.75 Å². The SMILES string of the molecule is CN1C(=O)C2(Cl)CC3C(=CCC4C(=O)N(c5ccccc5)C(=O)C43)C(c3ccc(OCCO)cc3)C2(Cl)C1=O. The number of carbonyl (C=O) groups excluding carboxylic acids is 4. The fourth-order valence-corrected chi connectivity index (χ4v) is 7.89. The molecule has 2 heterocycles. The van der Waals surface area contributed by atoms with Crippen LogP contribution in [0.2, 0.25) is 0 Å². The highest BCUT2D eigenvalue weighted by atomic mass is 35.5. The number of carbonyl (C=O) groups is 4. The van der Waals surface area contributed by atoms with E-state index in [9.17, 15) is 19.2 Å². The predicted molar refractivity (Wildman–Crippen MR) is 143 cm³/mol. The normalized spacial score (nSPS) is 33.6. The van der Waals surface area contributed by atoms with Crippen molar-refractivity contribution < 1.29 is 29.0 Å². The molecule has 2 aromatic rings. The zero-order valence-corrected chi connectivity index (χ0v) is 22.6. The molecule has 2 aliphatic heterocycles. The zero-order valence-electron chi connectivity index (χ0n) is 21.1. The standard InChI is InChI=1S/C29H26Cl2N2O6/c1-32-26(37)28(30)15-21-19(11-12-20-22(21)25(36)33(24(20)35)17-5-3-2-4-6-17)23(29(28,31)27(32)38)16-7-9-18(10-8-16)39-14-13-34/h2-11,20-23,34H,12-15H2,1H3. The summed E-state index contributed by atoms with van der Waals surface area (Å²) in [6.45, 7) is -0.0219. The van der Waals surface area contributed by atoms with E-state index in [-0.39, 0.29) is 31.4 Å². The minimum Gasteiger partial charge on any atom is -0.491 e. The Morgan fingerprint density at radius 3 is 2.31 bits per heavy atom. The van der Waals surface area contributed by atoms with Gasteiger partial charge in [-0.3, -0.25) is 29.0 Å². The molecule has 0 radical (unpaired) electrons. The number of likely N-dealkylation sites (tertiary alicyclic amines) is 1. The summed E-state index contributed by atoms with van der Waals surface area (Å²) in [5, 5.41) is 9.07. The number of ether oxygens (including phenoxy) is 1. The number of hydrogen-bond acceptors (Lipinski definition) is 6. The molecule has 4 aliphatic rings. The molecule has 1 N–H and O–H groups in total. The van der Waals surface area contributed by atoms with E-state index in [1.165, 1.54) is 11.9 Å². The van der Waals surface area contributed by atoms with E-state index >= 15 is 0 Å². The van der Waals surface area contributed by atoms with Gasteiger partial charge in [0.05, 0.1) is 24.1 Å². The Kier molecular flexibility index (Phi) is 6.13. The summed E-state index contributed by atoms with van der Waals surface area (Å²) < 4.78 is 5.49. The first-order valence-electron chi connectivity index (χ1n) is 12.8. The van der Waals surface area contributed by atoms with Gasteiger partial charge in [0.1, 0.15) is 12.4 Å². The number of rotatable bonds is 5. The van der Waals surface area contributed by atoms with Crippen molar-refractivity contribution in [3.05, 3.63) is 71.8 Å². The number of halogens is 2. The van der Waals surface area contributed by atoms with Crippen LogP contribution in [-0.2, 0) is 19.2 Å². The van der Waals surface area contributed by atoms with Crippen LogP contribution >= 0.6 is 23.2 Å². The minimum absolute atomic E-state index is 0.0458. The van der Waals surface area contributed by atoms with Crippen LogP contribution in [0.4, 0.5) is 5.69 Å². The van der Waals surface area contributed by atoms with Gasteiger partial charge in [0.25, 0.3) is 11.8 Å². The van der Waals surface area contributed by atoms with Crippen molar-refractivity contribution in [2.24, 2.45) is 17.8 Å². The quantitative estimate of drug-likeness (QED) is 0.337. The molecule has 6 rings (SSSR count). The topological polar surface area (TPSA) is 104 Å². The molecular weight excluding hydrogens is 543 g/mol. The van der Waals surface area contributed by atoms with Gasteiger partial charge in [-0.15, -0.1) is 23.2 Å². The van der Waals surface area contributed by atoms with Crippen molar-refractivity contribution in [1.82, 2.24) is 4.90 Å². The smallest absolute Gasteiger partial charge is 0.253 e. The Morgan fingerprint density at radius 2 is 1.64 bits per heavy atom. The van der Waals surface area contributed by atoms with E-state index < -0.39 is 45.2 Å². The van der Waals surface area contributed by atoms with Crippen LogP contribution in [0.5, 0.6) is 5.75 Å². The second-order valence-electron chi connectivity index (χ2n) is 10.5. The Bertz CT molecular complexity index is 1410. The number of hydrogen-bond donors (Lipinski definition) is 1. The molecule has 4 amide bonds. The van der Waals surface area contributed by atoms with Gasteiger partial charge in [-0.1, -0.05) is 42.0 Å². The molecule has 2 aromatic carbocycles. The van der Waals surface area contributed by atoms with Crippen molar-refractivity contribution in [2.45, 2.75) is 28.5 Å². The first kappa shape index (κ1) is 26.0. The molecule has 10 heteroatoms. The van der Waals surface area contributed by atoms with Crippen LogP contribution in [-0.4, -0.2) is 63.6 Å². The summed E-state index contributed by atoms with van der Waals surface area (Å²) in [5.74, 6) is -4.07. The summed E-state index contributed by atoms with van der Waals surface area (Å²) in [7, 11) is 1.36. The molecule has 0 aromatic heterocycles. The van der Waals surface area contributed by atoms with Gasteiger partial charge in [0.15, 0.2) is 9.75 Å². The number of aliphatic hydroxyl groups is 1. The fourth-order valence-electron chi connectivity index (χ4n) is 6.87. The highest BCUT2D eigenvalue weighted by Crippen LogP contribution is 2.65. The van der Waals surface area contributed by atoms with Gasteiger partial charge >= 0.3 is 0 Å². The maximum Gasteiger partial charge on any atom is 0.253 e. The monoisotopic (exact) mass is 568 g/mol. The molecule has 3 fully saturated rings. The molecule has 6 unspecified atom stereocenters. The van der Waals surface area contributed by atoms with Crippen LogP contribution in [0.15, 0.2) is 66.2 Å². The third-order valence-electron chi connectivity index (χ3n) is 8.60. The Labute approximate surface area is 235 Å². The van der Waals surface area contributed by atoms with Gasteiger partial charge in [0.2, 0.25) is 11.8 Å². The summed E-state index contributed by atoms with van der Waals surface area (Å²) in [4.78, 5) is 53.0. The van der Waals surface area contributed by atoms with Crippen LogP contribution in [0, 0.1) is 17.8 Å². The fraction of sp³-hybridized carbons (Fsp3) is 0.379. The second-order valence-corrected chi connectivity index (χ2v) is 11.7. The van der Waals surface area contributed by atoms with E-state index in [1.807, 2.05) is 12.1 Å². The van der Waals surface area contributed by atoms with E-state index in [2.05, 4.69) is 0 Å². The molecule has 1 saturated carbocycles. The second kappa shape index (κ2) is 9.18. The first-order valence-corrected chi connectivity index (χ1v) is 13.6. The number of nitrogens with zero attached hydrogens (tertiary/aromatic N) is 2. The van der Waals surface area contributed by atoms with Crippen molar-refractivity contribution >= 4 is 52.5 Å². The molecule has 2 aliphatic carbocycles. The lowest BCUT2D eigenvalue weighted by molar-refractivity contribution is -0.138. The van der Waals surface area contributed by atoms with Gasteiger partial charge in [-0.25, -0.2) is 0 Å². The summed E-state index contributed by atoms with van der Waals surface area (Å²) in [6.07, 6.45) is 2.16. The Balaban J connectivity index is 1.47. The Morgan fingerprint density at radius 1 is 0.949 bits per heavy atom. The molecule has 39 heavy (non-hydrogen) atoms. The lowest BCUT2D eigenvalue weighted by atomic mass is 9.56. The summed E-state index contributed by atoms with van der Waals surface area (Å²) in [5.41, 5.74) is 1.86. The number of amides is 4. The van der Waals surface area contributed by atoms with E-state index in [1.54, 1.807) is 48.5 Å². The number of imide groups is 2. The number of allylic oxidation sites excluding steroid dienone is 2. The molecule has 0 bridgehead atoms. The number of aliphatic hydroxyl groups excluding tert-OH is 1.